The van der Waals surface area contributed by atoms with Crippen LogP contribution in [0.25, 0.3) is 33.6 Å². The molecule has 0 bridgehead atoms. The van der Waals surface area contributed by atoms with E-state index in [4.69, 9.17) is 9.26 Å². The first-order valence-corrected chi connectivity index (χ1v) is 13.7. The molecule has 40 heavy (non-hydrogen) atoms. The number of esters is 1. The Bertz CT molecular complexity index is 1620. The van der Waals surface area contributed by atoms with Crippen molar-refractivity contribution in [1.29, 1.82) is 0 Å². The Morgan fingerprint density at radius 2 is 1.40 bits per heavy atom. The molecule has 0 spiro atoms. The first kappa shape index (κ1) is 25.8. The lowest BCUT2D eigenvalue weighted by atomic mass is 9.94. The van der Waals surface area contributed by atoms with Gasteiger partial charge in [0.2, 0.25) is 0 Å². The van der Waals surface area contributed by atoms with E-state index in [2.05, 4.69) is 17.3 Å². The number of carbonyl (C=O) groups excluding carboxylic acids is 1. The first-order chi connectivity index (χ1) is 19.5. The van der Waals surface area contributed by atoms with Crippen LogP contribution in [-0.2, 0) is 9.53 Å². The molecule has 1 heterocycles. The molecule has 4 aromatic carbocycles. The third-order valence-electron chi connectivity index (χ3n) is 7.56. The molecule has 0 radical (unpaired) electrons. The van der Waals surface area contributed by atoms with E-state index < -0.39 is 6.10 Å². The van der Waals surface area contributed by atoms with Crippen molar-refractivity contribution in [3.05, 3.63) is 126 Å². The Labute approximate surface area is 234 Å². The van der Waals surface area contributed by atoms with E-state index in [1.54, 1.807) is 0 Å². The molecule has 1 aliphatic carbocycles. The van der Waals surface area contributed by atoms with Crippen LogP contribution in [-0.4, -0.2) is 16.2 Å². The Morgan fingerprint density at radius 3 is 2.08 bits per heavy atom. The zero-order valence-electron chi connectivity index (χ0n) is 22.6. The third-order valence-corrected chi connectivity index (χ3v) is 7.56. The van der Waals surface area contributed by atoms with Crippen LogP contribution >= 0.6 is 0 Å². The van der Waals surface area contributed by atoms with Gasteiger partial charge >= 0.3 is 5.97 Å². The van der Waals surface area contributed by atoms with Crippen molar-refractivity contribution in [1.82, 2.24) is 5.16 Å². The molecular formula is C35H31NO4. The van der Waals surface area contributed by atoms with Gasteiger partial charge in [0.25, 0.3) is 0 Å². The van der Waals surface area contributed by atoms with Crippen LogP contribution in [0.1, 0.15) is 54.4 Å². The quantitative estimate of drug-likeness (QED) is 0.206. The lowest BCUT2D eigenvalue weighted by molar-refractivity contribution is -0.150. The van der Waals surface area contributed by atoms with Gasteiger partial charge in [0.1, 0.15) is 12.2 Å². The van der Waals surface area contributed by atoms with Gasteiger partial charge in [-0.3, -0.25) is 4.79 Å². The molecule has 1 N–H and O–H groups in total. The van der Waals surface area contributed by atoms with Crippen molar-refractivity contribution >= 4 is 5.97 Å². The number of aromatic nitrogens is 1. The zero-order valence-corrected chi connectivity index (χ0v) is 22.6. The highest BCUT2D eigenvalue weighted by Gasteiger charge is 2.32. The maximum absolute atomic E-state index is 12.0. The number of carbonyl (C=O) groups is 1. The first-order valence-electron chi connectivity index (χ1n) is 13.7. The lowest BCUT2D eigenvalue weighted by Crippen LogP contribution is -2.10. The minimum absolute atomic E-state index is 0.0921. The van der Waals surface area contributed by atoms with Gasteiger partial charge in [-0.05, 0) is 66.1 Å². The van der Waals surface area contributed by atoms with Crippen molar-refractivity contribution in [2.75, 3.05) is 0 Å². The Morgan fingerprint density at radius 1 is 0.800 bits per heavy atom. The molecule has 0 amide bonds. The van der Waals surface area contributed by atoms with E-state index in [1.165, 1.54) is 0 Å². The molecule has 5 aromatic rings. The molecule has 5 heteroatoms. The van der Waals surface area contributed by atoms with E-state index in [0.29, 0.717) is 17.0 Å². The van der Waals surface area contributed by atoms with Gasteiger partial charge in [-0.15, -0.1) is 0 Å². The van der Waals surface area contributed by atoms with Crippen LogP contribution in [0.3, 0.4) is 0 Å². The number of ether oxygens (including phenoxy) is 1. The molecule has 1 fully saturated rings. The topological polar surface area (TPSA) is 72.6 Å². The monoisotopic (exact) mass is 529 g/mol. The van der Waals surface area contributed by atoms with Crippen LogP contribution in [0.2, 0.25) is 0 Å². The standard InChI is InChI=1S/C35H31NO4/c1-22-32(33(37)31-10-6-9-30(21-31)25-7-4-3-5-8-25)34(40-36-22)28-17-15-27(16-18-28)26-13-11-24(12-14-26)23(2)39-35(38)29-19-20-29/h3-18,21,23,29,33,37H,19-20H2,1-2H3. The van der Waals surface area contributed by atoms with Crippen LogP contribution in [0.4, 0.5) is 0 Å². The summed E-state index contributed by atoms with van der Waals surface area (Å²) in [6.07, 6.45) is 0.733. The largest absolute Gasteiger partial charge is 0.458 e. The van der Waals surface area contributed by atoms with Gasteiger partial charge in [0.15, 0.2) is 5.76 Å². The lowest BCUT2D eigenvalue weighted by Gasteiger charge is -2.14. The third kappa shape index (κ3) is 5.33. The summed E-state index contributed by atoms with van der Waals surface area (Å²) in [5.74, 6) is 0.556. The summed E-state index contributed by atoms with van der Waals surface area (Å²) >= 11 is 0. The number of aryl methyl sites for hydroxylation is 1. The number of hydrogen-bond acceptors (Lipinski definition) is 5. The molecule has 0 saturated heterocycles. The Balaban J connectivity index is 1.21. The molecule has 0 aliphatic heterocycles. The Kier molecular flexibility index (Phi) is 7.06. The molecular weight excluding hydrogens is 498 g/mol. The predicted molar refractivity (Wildman–Crippen MR) is 155 cm³/mol. The van der Waals surface area contributed by atoms with Gasteiger partial charge in [-0.1, -0.05) is 102 Å². The number of rotatable bonds is 8. The molecule has 6 rings (SSSR count). The zero-order chi connectivity index (χ0) is 27.6. The predicted octanol–water partition coefficient (Wildman–Crippen LogP) is 8.08. The summed E-state index contributed by atoms with van der Waals surface area (Å²) in [6.45, 7) is 3.76. The summed E-state index contributed by atoms with van der Waals surface area (Å²) in [7, 11) is 0. The van der Waals surface area contributed by atoms with Crippen molar-refractivity contribution < 1.29 is 19.2 Å². The minimum Gasteiger partial charge on any atom is -0.458 e. The average molecular weight is 530 g/mol. The fourth-order valence-corrected chi connectivity index (χ4v) is 5.01. The molecule has 200 valence electrons. The van der Waals surface area contributed by atoms with Crippen molar-refractivity contribution in [3.8, 4) is 33.6 Å². The summed E-state index contributed by atoms with van der Waals surface area (Å²) in [4.78, 5) is 12.0. The van der Waals surface area contributed by atoms with E-state index in [9.17, 15) is 9.90 Å². The number of aliphatic hydroxyl groups is 1. The van der Waals surface area contributed by atoms with Crippen molar-refractivity contribution in [2.24, 2.45) is 5.92 Å². The second-order valence-electron chi connectivity index (χ2n) is 10.5. The van der Waals surface area contributed by atoms with Gasteiger partial charge in [0, 0.05) is 5.56 Å². The van der Waals surface area contributed by atoms with Crippen molar-refractivity contribution in [2.45, 2.75) is 38.9 Å². The van der Waals surface area contributed by atoms with E-state index >= 15 is 0 Å². The van der Waals surface area contributed by atoms with Crippen LogP contribution in [0.5, 0.6) is 0 Å². The van der Waals surface area contributed by atoms with Gasteiger partial charge in [-0.2, -0.15) is 0 Å². The smallest absolute Gasteiger partial charge is 0.309 e. The van der Waals surface area contributed by atoms with Crippen LogP contribution in [0.15, 0.2) is 108 Å². The maximum atomic E-state index is 12.0. The summed E-state index contributed by atoms with van der Waals surface area (Å²) in [5, 5.41) is 15.6. The molecule has 5 nitrogen and oxygen atoms in total. The maximum Gasteiger partial charge on any atom is 0.309 e. The highest BCUT2D eigenvalue weighted by atomic mass is 16.5. The van der Waals surface area contributed by atoms with E-state index in [0.717, 1.165) is 51.8 Å². The average Bonchev–Trinajstić information content (AvgIpc) is 3.79. The molecule has 1 saturated carbocycles. The van der Waals surface area contributed by atoms with Crippen LogP contribution in [0, 0.1) is 12.8 Å². The second-order valence-corrected chi connectivity index (χ2v) is 10.5. The normalized spacial score (nSPS) is 14.5. The fraction of sp³-hybridized carbons (Fsp3) is 0.200. The number of benzene rings is 4. The fourth-order valence-electron chi connectivity index (χ4n) is 5.01. The summed E-state index contributed by atoms with van der Waals surface area (Å²) in [6, 6.07) is 34.2. The molecule has 1 aliphatic rings. The van der Waals surface area contributed by atoms with Gasteiger partial charge in [0.05, 0.1) is 17.2 Å². The summed E-state index contributed by atoms with van der Waals surface area (Å²) < 4.78 is 11.3. The summed E-state index contributed by atoms with van der Waals surface area (Å²) in [5.41, 5.74) is 8.16. The number of aliphatic hydroxyl groups excluding tert-OH is 1. The molecule has 1 aromatic heterocycles. The second kappa shape index (κ2) is 10.9. The van der Waals surface area contributed by atoms with E-state index in [-0.39, 0.29) is 18.0 Å². The van der Waals surface area contributed by atoms with Gasteiger partial charge < -0.3 is 14.4 Å². The molecule has 2 unspecified atom stereocenters. The Hall–Kier alpha value is -4.48. The SMILES string of the molecule is Cc1noc(-c2ccc(-c3ccc(C(C)OC(=O)C4CC4)cc3)cc2)c1C(O)c1cccc(-c2ccccc2)c1. The minimum atomic E-state index is -0.881. The van der Waals surface area contributed by atoms with E-state index in [1.807, 2.05) is 105 Å². The van der Waals surface area contributed by atoms with Gasteiger partial charge in [-0.25, -0.2) is 0 Å². The molecule has 2 atom stereocenters. The number of nitrogens with zero attached hydrogens (tertiary/aromatic N) is 1. The van der Waals surface area contributed by atoms with Crippen molar-refractivity contribution in [3.63, 3.8) is 0 Å². The highest BCUT2D eigenvalue weighted by Crippen LogP contribution is 2.37. The number of hydrogen-bond donors (Lipinski definition) is 1. The van der Waals surface area contributed by atoms with Crippen LogP contribution < -0.4 is 0 Å². The highest BCUT2D eigenvalue weighted by molar-refractivity contribution is 5.75.